The Bertz CT molecular complexity index is 327. The Balaban J connectivity index is 2.13. The average molecular weight is 235 g/mol. The molecule has 0 radical (unpaired) electrons. The van der Waals surface area contributed by atoms with Crippen LogP contribution in [0.3, 0.4) is 0 Å². The lowest BCUT2D eigenvalue weighted by molar-refractivity contribution is 0.279. The fourth-order valence-electron chi connectivity index (χ4n) is 2.41. The van der Waals surface area contributed by atoms with Crippen LogP contribution in [0.4, 0.5) is 0 Å². The first-order chi connectivity index (χ1) is 7.80. The van der Waals surface area contributed by atoms with Crippen LogP contribution in [0.25, 0.3) is 0 Å². The van der Waals surface area contributed by atoms with Gasteiger partial charge in [0.25, 0.3) is 0 Å². The zero-order valence-corrected chi connectivity index (χ0v) is 10.9. The number of hydrogen-bond donors (Lipinski definition) is 1. The Labute approximate surface area is 103 Å². The van der Waals surface area contributed by atoms with Crippen LogP contribution >= 0.6 is 11.8 Å². The lowest BCUT2D eigenvalue weighted by atomic mass is 9.66. The summed E-state index contributed by atoms with van der Waals surface area (Å²) < 4.78 is 0. The molecule has 0 unspecified atom stereocenters. The minimum Gasteiger partial charge on any atom is -0.326 e. The van der Waals surface area contributed by atoms with E-state index in [1.54, 1.807) is 0 Å². The molecule has 2 heteroatoms. The van der Waals surface area contributed by atoms with E-state index in [2.05, 4.69) is 43.0 Å². The molecule has 1 saturated carbocycles. The summed E-state index contributed by atoms with van der Waals surface area (Å²) in [6, 6.07) is 8.95. The third kappa shape index (κ3) is 2.28. The number of benzene rings is 1. The van der Waals surface area contributed by atoms with E-state index < -0.39 is 0 Å². The molecule has 1 nitrogen and oxygen atoms in total. The summed E-state index contributed by atoms with van der Waals surface area (Å²) in [7, 11) is 0. The second kappa shape index (κ2) is 5.24. The summed E-state index contributed by atoms with van der Waals surface area (Å²) >= 11 is 2.07. The molecule has 16 heavy (non-hydrogen) atoms. The van der Waals surface area contributed by atoms with Gasteiger partial charge in [0.2, 0.25) is 0 Å². The van der Waals surface area contributed by atoms with E-state index in [-0.39, 0.29) is 0 Å². The van der Waals surface area contributed by atoms with E-state index in [4.69, 9.17) is 5.73 Å². The minimum absolute atomic E-state index is 0.480. The monoisotopic (exact) mass is 235 g/mol. The second-order valence-electron chi connectivity index (χ2n) is 4.67. The van der Waals surface area contributed by atoms with Crippen LogP contribution in [0.2, 0.25) is 0 Å². The molecule has 2 N–H and O–H groups in total. The molecular formula is C14H21NS. The molecule has 0 atom stereocenters. The molecule has 1 aromatic carbocycles. The molecule has 1 aliphatic rings. The first-order valence-electron chi connectivity index (χ1n) is 6.18. The molecule has 2 rings (SSSR count). The standard InChI is InChI=1S/C14H21NS/c1-2-16-11-14(8-3-9-14)13-6-4-12(10-15)5-7-13/h4-7H,2-3,8-11,15H2,1H3. The Kier molecular flexibility index (Phi) is 3.93. The van der Waals surface area contributed by atoms with Gasteiger partial charge >= 0.3 is 0 Å². The normalized spacial score (nSPS) is 18.1. The lowest BCUT2D eigenvalue weighted by Gasteiger charge is -2.42. The number of nitrogens with two attached hydrogens (primary N) is 1. The molecule has 0 amide bonds. The Hall–Kier alpha value is -0.470. The third-order valence-electron chi connectivity index (χ3n) is 3.70. The maximum atomic E-state index is 5.63. The number of thioether (sulfide) groups is 1. The van der Waals surface area contributed by atoms with Gasteiger partial charge < -0.3 is 5.73 Å². The van der Waals surface area contributed by atoms with Crippen LogP contribution in [-0.2, 0) is 12.0 Å². The number of rotatable bonds is 5. The fourth-order valence-corrected chi connectivity index (χ4v) is 3.46. The van der Waals surface area contributed by atoms with Crippen LogP contribution < -0.4 is 5.73 Å². The van der Waals surface area contributed by atoms with Crippen molar-refractivity contribution in [1.82, 2.24) is 0 Å². The quantitative estimate of drug-likeness (QED) is 0.847. The van der Waals surface area contributed by atoms with Gasteiger partial charge in [-0.05, 0) is 29.7 Å². The third-order valence-corrected chi connectivity index (χ3v) is 4.86. The second-order valence-corrected chi connectivity index (χ2v) is 5.95. The maximum absolute atomic E-state index is 5.63. The van der Waals surface area contributed by atoms with Crippen molar-refractivity contribution in [3.63, 3.8) is 0 Å². The zero-order chi connectivity index (χ0) is 11.4. The predicted molar refractivity (Wildman–Crippen MR) is 72.9 cm³/mol. The summed E-state index contributed by atoms with van der Waals surface area (Å²) in [6.07, 6.45) is 4.12. The predicted octanol–water partition coefficient (Wildman–Crippen LogP) is 3.32. The van der Waals surface area contributed by atoms with Gasteiger partial charge in [-0.1, -0.05) is 37.6 Å². The average Bonchev–Trinajstić information content (AvgIpc) is 2.29. The molecular weight excluding hydrogens is 214 g/mol. The molecule has 0 aromatic heterocycles. The van der Waals surface area contributed by atoms with Gasteiger partial charge in [0.15, 0.2) is 0 Å². The van der Waals surface area contributed by atoms with E-state index in [9.17, 15) is 0 Å². The molecule has 0 aliphatic heterocycles. The van der Waals surface area contributed by atoms with Crippen molar-refractivity contribution in [2.45, 2.75) is 38.1 Å². The number of hydrogen-bond acceptors (Lipinski definition) is 2. The van der Waals surface area contributed by atoms with E-state index >= 15 is 0 Å². The van der Waals surface area contributed by atoms with E-state index in [1.165, 1.54) is 41.9 Å². The summed E-state index contributed by atoms with van der Waals surface area (Å²) in [5.41, 5.74) is 8.87. The highest BCUT2D eigenvalue weighted by atomic mass is 32.2. The van der Waals surface area contributed by atoms with Gasteiger partial charge in [-0.2, -0.15) is 11.8 Å². The Morgan fingerprint density at radius 2 is 1.94 bits per heavy atom. The van der Waals surface area contributed by atoms with Crippen LogP contribution in [0.1, 0.15) is 37.3 Å². The molecule has 0 heterocycles. The molecule has 0 bridgehead atoms. The molecule has 0 saturated heterocycles. The largest absolute Gasteiger partial charge is 0.326 e. The van der Waals surface area contributed by atoms with Gasteiger partial charge in [0.05, 0.1) is 0 Å². The van der Waals surface area contributed by atoms with Crippen molar-refractivity contribution in [3.8, 4) is 0 Å². The van der Waals surface area contributed by atoms with Gasteiger partial charge in [-0.3, -0.25) is 0 Å². The van der Waals surface area contributed by atoms with Crippen molar-refractivity contribution >= 4 is 11.8 Å². The van der Waals surface area contributed by atoms with Crippen molar-refractivity contribution in [2.75, 3.05) is 11.5 Å². The highest BCUT2D eigenvalue weighted by molar-refractivity contribution is 7.99. The molecule has 0 spiro atoms. The first-order valence-corrected chi connectivity index (χ1v) is 7.33. The topological polar surface area (TPSA) is 26.0 Å². The van der Waals surface area contributed by atoms with Crippen molar-refractivity contribution < 1.29 is 0 Å². The van der Waals surface area contributed by atoms with Gasteiger partial charge in [-0.25, -0.2) is 0 Å². The lowest BCUT2D eigenvalue weighted by Crippen LogP contribution is -2.36. The highest BCUT2D eigenvalue weighted by Crippen LogP contribution is 2.45. The van der Waals surface area contributed by atoms with Gasteiger partial charge in [-0.15, -0.1) is 0 Å². The van der Waals surface area contributed by atoms with Crippen LogP contribution in [0, 0.1) is 0 Å². The van der Waals surface area contributed by atoms with Crippen molar-refractivity contribution in [3.05, 3.63) is 35.4 Å². The van der Waals surface area contributed by atoms with Gasteiger partial charge in [0.1, 0.15) is 0 Å². The van der Waals surface area contributed by atoms with Crippen LogP contribution in [0.15, 0.2) is 24.3 Å². The maximum Gasteiger partial charge on any atom is 0.0178 e. The fraction of sp³-hybridized carbons (Fsp3) is 0.571. The first kappa shape index (κ1) is 12.0. The van der Waals surface area contributed by atoms with Crippen molar-refractivity contribution in [2.24, 2.45) is 5.73 Å². The highest BCUT2D eigenvalue weighted by Gasteiger charge is 2.38. The molecule has 88 valence electrons. The summed E-state index contributed by atoms with van der Waals surface area (Å²) in [4.78, 5) is 0. The molecule has 1 fully saturated rings. The van der Waals surface area contributed by atoms with Crippen LogP contribution in [-0.4, -0.2) is 11.5 Å². The van der Waals surface area contributed by atoms with Crippen molar-refractivity contribution in [1.29, 1.82) is 0 Å². The Morgan fingerprint density at radius 1 is 1.25 bits per heavy atom. The zero-order valence-electron chi connectivity index (χ0n) is 10.0. The summed E-state index contributed by atoms with van der Waals surface area (Å²) in [5, 5.41) is 0. The molecule has 1 aromatic rings. The van der Waals surface area contributed by atoms with E-state index in [0.29, 0.717) is 12.0 Å². The minimum atomic E-state index is 0.480. The molecule has 1 aliphatic carbocycles. The van der Waals surface area contributed by atoms with E-state index in [1.807, 2.05) is 0 Å². The Morgan fingerprint density at radius 3 is 2.38 bits per heavy atom. The smallest absolute Gasteiger partial charge is 0.0178 e. The van der Waals surface area contributed by atoms with Gasteiger partial charge in [0, 0.05) is 17.7 Å². The SMILES string of the molecule is CCSCC1(c2ccc(CN)cc2)CCC1. The summed E-state index contributed by atoms with van der Waals surface area (Å²) in [5.74, 6) is 2.51. The van der Waals surface area contributed by atoms with E-state index in [0.717, 1.165) is 0 Å². The summed E-state index contributed by atoms with van der Waals surface area (Å²) in [6.45, 7) is 2.89. The van der Waals surface area contributed by atoms with Crippen LogP contribution in [0.5, 0.6) is 0 Å².